The molecule has 6 heteroatoms. The molecule has 0 aliphatic carbocycles. The number of rotatable bonds is 3. The molecule has 0 unspecified atom stereocenters. The lowest BCUT2D eigenvalue weighted by Gasteiger charge is -2.35. The zero-order valence-corrected chi connectivity index (χ0v) is 12.9. The predicted octanol–water partition coefficient (Wildman–Crippen LogP) is 2.65. The number of hydrogen-bond acceptors (Lipinski definition) is 4. The summed E-state index contributed by atoms with van der Waals surface area (Å²) in [6, 6.07) is 1.89. The zero-order valence-electron chi connectivity index (χ0n) is 10.5. The first-order valence-corrected chi connectivity index (χ1v) is 8.31. The second kappa shape index (κ2) is 5.34. The Morgan fingerprint density at radius 1 is 1.47 bits per heavy atom. The maximum Gasteiger partial charge on any atom is 0.271 e. The molecule has 0 aromatic carbocycles. The van der Waals surface area contributed by atoms with E-state index < -0.39 is 0 Å². The average Bonchev–Trinajstić information content (AvgIpc) is 2.92. The summed E-state index contributed by atoms with van der Waals surface area (Å²) < 4.78 is 7.94. The van der Waals surface area contributed by atoms with Crippen LogP contribution in [0.3, 0.4) is 0 Å². The van der Waals surface area contributed by atoms with E-state index in [1.807, 2.05) is 11.4 Å². The fourth-order valence-corrected chi connectivity index (χ4v) is 4.02. The van der Waals surface area contributed by atoms with E-state index >= 15 is 0 Å². The van der Waals surface area contributed by atoms with Crippen LogP contribution in [0.25, 0.3) is 10.2 Å². The van der Waals surface area contributed by atoms with Crippen LogP contribution in [0.2, 0.25) is 0 Å². The van der Waals surface area contributed by atoms with Gasteiger partial charge in [-0.15, -0.1) is 11.3 Å². The first kappa shape index (κ1) is 13.3. The van der Waals surface area contributed by atoms with Gasteiger partial charge in [-0.3, -0.25) is 9.36 Å². The van der Waals surface area contributed by atoms with Gasteiger partial charge in [-0.05, 0) is 24.3 Å². The van der Waals surface area contributed by atoms with Crippen LogP contribution in [-0.2, 0) is 11.3 Å². The van der Waals surface area contributed by atoms with Crippen LogP contribution in [0.15, 0.2) is 22.6 Å². The molecule has 4 nitrogen and oxygen atoms in total. The van der Waals surface area contributed by atoms with E-state index in [0.29, 0.717) is 6.54 Å². The van der Waals surface area contributed by atoms with Crippen molar-refractivity contribution in [1.29, 1.82) is 0 Å². The normalized spacial score (nSPS) is 18.8. The number of fused-ring (bicyclic) bond motifs is 1. The second-order valence-electron chi connectivity index (χ2n) is 5.06. The first-order valence-electron chi connectivity index (χ1n) is 6.30. The third kappa shape index (κ3) is 2.49. The lowest BCUT2D eigenvalue weighted by molar-refractivity contribution is 0.0181. The number of aromatic nitrogens is 2. The minimum Gasteiger partial charge on any atom is -0.381 e. The van der Waals surface area contributed by atoms with Crippen LogP contribution >= 0.6 is 27.3 Å². The topological polar surface area (TPSA) is 44.1 Å². The maximum absolute atomic E-state index is 12.4. The highest BCUT2D eigenvalue weighted by Crippen LogP contribution is 2.34. The summed E-state index contributed by atoms with van der Waals surface area (Å²) in [5, 5.41) is 2.80. The minimum atomic E-state index is 0.0758. The molecule has 0 radical (unpaired) electrons. The van der Waals surface area contributed by atoms with Gasteiger partial charge >= 0.3 is 0 Å². The quantitative estimate of drug-likeness (QED) is 0.805. The highest BCUT2D eigenvalue weighted by Gasteiger charge is 2.32. The Balaban J connectivity index is 1.95. The summed E-state index contributed by atoms with van der Waals surface area (Å²) in [6.45, 7) is 2.26. The second-order valence-corrected chi connectivity index (χ2v) is 6.54. The predicted molar refractivity (Wildman–Crippen MR) is 80.2 cm³/mol. The average molecular weight is 343 g/mol. The Hall–Kier alpha value is -0.720. The van der Waals surface area contributed by atoms with Crippen molar-refractivity contribution in [3.8, 4) is 0 Å². The number of halogens is 1. The fraction of sp³-hybridized carbons (Fsp3) is 0.538. The number of nitrogens with zero attached hydrogens (tertiary/aromatic N) is 2. The van der Waals surface area contributed by atoms with E-state index in [9.17, 15) is 4.79 Å². The molecule has 102 valence electrons. The maximum atomic E-state index is 12.4. The van der Waals surface area contributed by atoms with Gasteiger partial charge in [-0.25, -0.2) is 4.98 Å². The van der Waals surface area contributed by atoms with Gasteiger partial charge in [0.05, 0.1) is 11.8 Å². The Bertz CT molecular complexity index is 631. The molecular weight excluding hydrogens is 328 g/mol. The van der Waals surface area contributed by atoms with Crippen LogP contribution in [-0.4, -0.2) is 28.1 Å². The van der Waals surface area contributed by atoms with E-state index in [0.717, 1.165) is 41.6 Å². The van der Waals surface area contributed by atoms with Gasteiger partial charge < -0.3 is 4.74 Å². The Morgan fingerprint density at radius 2 is 2.26 bits per heavy atom. The van der Waals surface area contributed by atoms with E-state index in [1.165, 1.54) is 11.3 Å². The van der Waals surface area contributed by atoms with Gasteiger partial charge in [0.1, 0.15) is 4.70 Å². The molecule has 1 aliphatic rings. The molecule has 3 rings (SSSR count). The standard InChI is InChI=1S/C13H15BrN2O2S/c14-7-13(2-4-18-5-3-13)8-16-9-15-10-1-6-19-11(10)12(16)17/h1,6,9H,2-5,7-8H2. The van der Waals surface area contributed by atoms with Gasteiger partial charge in [0.15, 0.2) is 0 Å². The van der Waals surface area contributed by atoms with E-state index in [2.05, 4.69) is 20.9 Å². The van der Waals surface area contributed by atoms with Crippen molar-refractivity contribution in [2.75, 3.05) is 18.5 Å². The molecule has 1 saturated heterocycles. The molecule has 0 atom stereocenters. The Morgan fingerprint density at radius 3 is 3.00 bits per heavy atom. The van der Waals surface area contributed by atoms with Crippen molar-refractivity contribution in [3.05, 3.63) is 28.1 Å². The lowest BCUT2D eigenvalue weighted by atomic mass is 9.82. The molecule has 19 heavy (non-hydrogen) atoms. The molecule has 0 saturated carbocycles. The van der Waals surface area contributed by atoms with E-state index in [1.54, 1.807) is 10.9 Å². The molecular formula is C13H15BrN2O2S. The van der Waals surface area contributed by atoms with Crippen molar-refractivity contribution >= 4 is 37.5 Å². The monoisotopic (exact) mass is 342 g/mol. The van der Waals surface area contributed by atoms with Gasteiger partial charge in [0.25, 0.3) is 5.56 Å². The molecule has 1 aliphatic heterocycles. The van der Waals surface area contributed by atoms with Gasteiger partial charge in [0, 0.05) is 30.5 Å². The lowest BCUT2D eigenvalue weighted by Crippen LogP contribution is -2.38. The molecule has 1 fully saturated rings. The van der Waals surface area contributed by atoms with E-state index in [4.69, 9.17) is 4.74 Å². The van der Waals surface area contributed by atoms with E-state index in [-0.39, 0.29) is 11.0 Å². The minimum absolute atomic E-state index is 0.0758. The first-order chi connectivity index (χ1) is 9.24. The van der Waals surface area contributed by atoms with Gasteiger partial charge in [0.2, 0.25) is 0 Å². The smallest absolute Gasteiger partial charge is 0.271 e. The highest BCUT2D eigenvalue weighted by molar-refractivity contribution is 9.09. The summed E-state index contributed by atoms with van der Waals surface area (Å²) in [5.74, 6) is 0. The van der Waals surface area contributed by atoms with Gasteiger partial charge in [-0.1, -0.05) is 15.9 Å². The number of thiophene rings is 1. The third-order valence-corrected chi connectivity index (χ3v) is 5.86. The fourth-order valence-electron chi connectivity index (χ4n) is 2.49. The van der Waals surface area contributed by atoms with Gasteiger partial charge in [-0.2, -0.15) is 0 Å². The number of ether oxygens (including phenoxy) is 1. The van der Waals surface area contributed by atoms with Crippen LogP contribution < -0.4 is 5.56 Å². The van der Waals surface area contributed by atoms with Crippen molar-refractivity contribution in [3.63, 3.8) is 0 Å². The van der Waals surface area contributed by atoms with Crippen LogP contribution in [0.5, 0.6) is 0 Å². The molecule has 0 bridgehead atoms. The summed E-state index contributed by atoms with van der Waals surface area (Å²) >= 11 is 5.07. The van der Waals surface area contributed by atoms with Crippen molar-refractivity contribution < 1.29 is 4.74 Å². The SMILES string of the molecule is O=c1c2sccc2ncn1CC1(CBr)CCOCC1. The summed E-state index contributed by atoms with van der Waals surface area (Å²) in [5.41, 5.74) is 0.979. The van der Waals surface area contributed by atoms with Crippen molar-refractivity contribution in [2.24, 2.45) is 5.41 Å². The summed E-state index contributed by atoms with van der Waals surface area (Å²) in [6.07, 6.45) is 3.64. The van der Waals surface area contributed by atoms with Crippen LogP contribution in [0, 0.1) is 5.41 Å². The number of hydrogen-bond donors (Lipinski definition) is 0. The van der Waals surface area contributed by atoms with Crippen LogP contribution in [0.1, 0.15) is 12.8 Å². The molecule has 0 spiro atoms. The molecule has 3 heterocycles. The largest absolute Gasteiger partial charge is 0.381 e. The Labute approximate surface area is 123 Å². The molecule has 2 aromatic heterocycles. The molecule has 0 N–H and O–H groups in total. The zero-order chi connectivity index (χ0) is 13.3. The summed E-state index contributed by atoms with van der Waals surface area (Å²) in [7, 11) is 0. The van der Waals surface area contributed by atoms with Crippen LogP contribution in [0.4, 0.5) is 0 Å². The Kier molecular flexibility index (Phi) is 3.73. The van der Waals surface area contributed by atoms with Crippen molar-refractivity contribution in [2.45, 2.75) is 19.4 Å². The third-order valence-electron chi connectivity index (χ3n) is 3.78. The molecule has 2 aromatic rings. The highest BCUT2D eigenvalue weighted by atomic mass is 79.9. The van der Waals surface area contributed by atoms with Crippen molar-refractivity contribution in [1.82, 2.24) is 9.55 Å². The molecule has 0 amide bonds. The number of alkyl halides is 1. The summed E-state index contributed by atoms with van der Waals surface area (Å²) in [4.78, 5) is 16.8.